The summed E-state index contributed by atoms with van der Waals surface area (Å²) in [5, 5.41) is 10.8. The van der Waals surface area contributed by atoms with Gasteiger partial charge < -0.3 is 0 Å². The van der Waals surface area contributed by atoms with E-state index in [0.717, 1.165) is 5.69 Å². The van der Waals surface area contributed by atoms with Crippen LogP contribution in [0.2, 0.25) is 0 Å². The Morgan fingerprint density at radius 3 is 2.81 bits per heavy atom. The average molecular weight is 218 g/mol. The predicted octanol–water partition coefficient (Wildman–Crippen LogP) is 1.97. The van der Waals surface area contributed by atoms with Crippen LogP contribution in [0.15, 0.2) is 36.8 Å². The SMILES string of the molecule is Cc1cn(Nc2ccccc2[N+](=O)[O-])cn1. The lowest BCUT2D eigenvalue weighted by molar-refractivity contribution is -0.384. The Morgan fingerprint density at radius 1 is 1.44 bits per heavy atom. The minimum atomic E-state index is -0.424. The van der Waals surface area contributed by atoms with Crippen molar-refractivity contribution in [3.8, 4) is 0 Å². The summed E-state index contributed by atoms with van der Waals surface area (Å²) in [6.45, 7) is 1.84. The first-order valence-electron chi connectivity index (χ1n) is 4.68. The van der Waals surface area contributed by atoms with E-state index < -0.39 is 4.92 Å². The van der Waals surface area contributed by atoms with E-state index in [9.17, 15) is 10.1 Å². The summed E-state index contributed by atoms with van der Waals surface area (Å²) in [4.78, 5) is 14.4. The van der Waals surface area contributed by atoms with Gasteiger partial charge in [-0.2, -0.15) is 0 Å². The lowest BCUT2D eigenvalue weighted by Gasteiger charge is -2.06. The molecule has 0 atom stereocenters. The van der Waals surface area contributed by atoms with Crippen molar-refractivity contribution in [1.29, 1.82) is 0 Å². The van der Waals surface area contributed by atoms with Crippen molar-refractivity contribution in [3.63, 3.8) is 0 Å². The Kier molecular flexibility index (Phi) is 2.55. The molecule has 0 aliphatic heterocycles. The predicted molar refractivity (Wildman–Crippen MR) is 59.1 cm³/mol. The van der Waals surface area contributed by atoms with Gasteiger partial charge in [-0.1, -0.05) is 12.1 Å². The van der Waals surface area contributed by atoms with Crippen LogP contribution >= 0.6 is 0 Å². The number of benzene rings is 1. The van der Waals surface area contributed by atoms with Gasteiger partial charge in [-0.3, -0.25) is 20.2 Å². The van der Waals surface area contributed by atoms with Gasteiger partial charge in [0.1, 0.15) is 12.0 Å². The molecule has 2 aromatic rings. The van der Waals surface area contributed by atoms with E-state index in [1.165, 1.54) is 6.07 Å². The van der Waals surface area contributed by atoms with Crippen molar-refractivity contribution in [2.24, 2.45) is 0 Å². The third-order valence-corrected chi connectivity index (χ3v) is 2.06. The molecule has 6 heteroatoms. The molecular weight excluding hydrogens is 208 g/mol. The molecule has 16 heavy (non-hydrogen) atoms. The fourth-order valence-corrected chi connectivity index (χ4v) is 1.35. The van der Waals surface area contributed by atoms with Gasteiger partial charge >= 0.3 is 0 Å². The highest BCUT2D eigenvalue weighted by Gasteiger charge is 2.11. The smallest absolute Gasteiger partial charge is 0.287 e. The molecule has 0 amide bonds. The van der Waals surface area contributed by atoms with Gasteiger partial charge in [-0.25, -0.2) is 4.98 Å². The molecule has 0 aliphatic rings. The number of nitrogens with one attached hydrogen (secondary N) is 1. The van der Waals surface area contributed by atoms with E-state index in [1.54, 1.807) is 35.4 Å². The van der Waals surface area contributed by atoms with E-state index in [2.05, 4.69) is 10.4 Å². The Balaban J connectivity index is 2.31. The van der Waals surface area contributed by atoms with Crippen LogP contribution < -0.4 is 5.43 Å². The van der Waals surface area contributed by atoms with Gasteiger partial charge in [0.2, 0.25) is 0 Å². The van der Waals surface area contributed by atoms with E-state index in [4.69, 9.17) is 0 Å². The normalized spacial score (nSPS) is 10.1. The quantitative estimate of drug-likeness (QED) is 0.631. The second-order valence-electron chi connectivity index (χ2n) is 3.31. The molecule has 1 aromatic heterocycles. The van der Waals surface area contributed by atoms with Crippen LogP contribution in [0.5, 0.6) is 0 Å². The zero-order valence-electron chi connectivity index (χ0n) is 8.62. The highest BCUT2D eigenvalue weighted by atomic mass is 16.6. The summed E-state index contributed by atoms with van der Waals surface area (Å²) < 4.78 is 1.58. The van der Waals surface area contributed by atoms with Gasteiger partial charge in [-0.15, -0.1) is 0 Å². The number of para-hydroxylation sites is 2. The van der Waals surface area contributed by atoms with Crippen molar-refractivity contribution in [1.82, 2.24) is 9.66 Å². The summed E-state index contributed by atoms with van der Waals surface area (Å²) in [5.41, 5.74) is 4.20. The number of hydrogen-bond acceptors (Lipinski definition) is 4. The van der Waals surface area contributed by atoms with Crippen molar-refractivity contribution < 1.29 is 4.92 Å². The summed E-state index contributed by atoms with van der Waals surface area (Å²) in [6, 6.07) is 6.46. The molecular formula is C10H10N4O2. The molecule has 0 bridgehead atoms. The van der Waals surface area contributed by atoms with Crippen LogP contribution in [-0.4, -0.2) is 14.6 Å². The first-order chi connectivity index (χ1) is 7.66. The summed E-state index contributed by atoms with van der Waals surface area (Å²) in [6.07, 6.45) is 3.31. The van der Waals surface area contributed by atoms with Gasteiger partial charge in [0.15, 0.2) is 0 Å². The molecule has 0 aliphatic carbocycles. The Labute approximate surface area is 91.7 Å². The van der Waals surface area contributed by atoms with Crippen molar-refractivity contribution in [2.45, 2.75) is 6.92 Å². The molecule has 0 saturated carbocycles. The Bertz CT molecular complexity index is 521. The standard InChI is InChI=1S/C10H10N4O2/c1-8-6-13(7-11-8)12-9-4-2-3-5-10(9)14(15)16/h2-7,12H,1H3. The number of nitro groups is 1. The highest BCUT2D eigenvalue weighted by Crippen LogP contribution is 2.23. The van der Waals surface area contributed by atoms with Gasteiger partial charge in [0.25, 0.3) is 5.69 Å². The molecule has 0 saturated heterocycles. The fraction of sp³-hybridized carbons (Fsp3) is 0.100. The topological polar surface area (TPSA) is 73.0 Å². The number of nitro benzene ring substituents is 1. The van der Waals surface area contributed by atoms with Crippen LogP contribution in [0.25, 0.3) is 0 Å². The second kappa shape index (κ2) is 4.01. The van der Waals surface area contributed by atoms with Crippen molar-refractivity contribution in [3.05, 3.63) is 52.6 Å². The maximum atomic E-state index is 10.8. The lowest BCUT2D eigenvalue weighted by Crippen LogP contribution is -2.07. The summed E-state index contributed by atoms with van der Waals surface area (Å²) >= 11 is 0. The van der Waals surface area contributed by atoms with Crippen molar-refractivity contribution in [2.75, 3.05) is 5.43 Å². The summed E-state index contributed by atoms with van der Waals surface area (Å²) in [7, 11) is 0. The molecule has 82 valence electrons. The van der Waals surface area contributed by atoms with Gasteiger partial charge in [-0.05, 0) is 13.0 Å². The summed E-state index contributed by atoms with van der Waals surface area (Å²) in [5.74, 6) is 0. The molecule has 1 heterocycles. The molecule has 0 radical (unpaired) electrons. The largest absolute Gasteiger partial charge is 0.294 e. The number of anilines is 1. The third kappa shape index (κ3) is 2.00. The molecule has 0 unspecified atom stereocenters. The van der Waals surface area contributed by atoms with Crippen LogP contribution in [0.3, 0.4) is 0 Å². The first-order valence-corrected chi connectivity index (χ1v) is 4.68. The minimum absolute atomic E-state index is 0.0360. The Morgan fingerprint density at radius 2 is 2.19 bits per heavy atom. The first kappa shape index (κ1) is 10.2. The molecule has 6 nitrogen and oxygen atoms in total. The molecule has 0 spiro atoms. The minimum Gasteiger partial charge on any atom is -0.287 e. The lowest BCUT2D eigenvalue weighted by atomic mass is 10.3. The van der Waals surface area contributed by atoms with Crippen LogP contribution in [0.1, 0.15) is 5.69 Å². The maximum Gasteiger partial charge on any atom is 0.294 e. The maximum absolute atomic E-state index is 10.8. The number of imidazole rings is 1. The van der Waals surface area contributed by atoms with E-state index >= 15 is 0 Å². The monoisotopic (exact) mass is 218 g/mol. The third-order valence-electron chi connectivity index (χ3n) is 2.06. The molecule has 2 rings (SSSR count). The Hall–Kier alpha value is -2.37. The van der Waals surface area contributed by atoms with Crippen LogP contribution in [0.4, 0.5) is 11.4 Å². The number of aryl methyl sites for hydroxylation is 1. The van der Waals surface area contributed by atoms with Gasteiger partial charge in [0, 0.05) is 12.3 Å². The van der Waals surface area contributed by atoms with Crippen LogP contribution in [-0.2, 0) is 0 Å². The number of hydrogen-bond donors (Lipinski definition) is 1. The molecule has 1 aromatic carbocycles. The number of aromatic nitrogens is 2. The fourth-order valence-electron chi connectivity index (χ4n) is 1.35. The highest BCUT2D eigenvalue weighted by molar-refractivity contribution is 5.60. The average Bonchev–Trinajstić information content (AvgIpc) is 2.64. The number of nitrogens with zero attached hydrogens (tertiary/aromatic N) is 3. The van der Waals surface area contributed by atoms with Crippen LogP contribution in [0, 0.1) is 17.0 Å². The zero-order valence-corrected chi connectivity index (χ0v) is 8.62. The number of rotatable bonds is 3. The van der Waals surface area contributed by atoms with E-state index in [-0.39, 0.29) is 5.69 Å². The molecule has 1 N–H and O–H groups in total. The van der Waals surface area contributed by atoms with Gasteiger partial charge in [0.05, 0.1) is 10.6 Å². The second-order valence-corrected chi connectivity index (χ2v) is 3.31. The zero-order chi connectivity index (χ0) is 11.5. The molecule has 0 fully saturated rings. The van der Waals surface area contributed by atoms with E-state index in [1.807, 2.05) is 6.92 Å². The van der Waals surface area contributed by atoms with E-state index in [0.29, 0.717) is 5.69 Å². The van der Waals surface area contributed by atoms with Crippen molar-refractivity contribution >= 4 is 11.4 Å².